The largest absolute Gasteiger partial charge is 0.493 e. The third-order valence-corrected chi connectivity index (χ3v) is 4.36. The van der Waals surface area contributed by atoms with Gasteiger partial charge in [0.05, 0.1) is 28.4 Å². The normalized spacial score (nSPS) is 11.3. The van der Waals surface area contributed by atoms with Gasteiger partial charge in [-0.2, -0.15) is 0 Å². The number of aliphatic hydroxyl groups excluding tert-OH is 1. The van der Waals surface area contributed by atoms with Crippen LogP contribution in [0.2, 0.25) is 0 Å². The number of ether oxygens (including phenoxy) is 4. The lowest BCUT2D eigenvalue weighted by atomic mass is 9.85. The molecule has 0 fully saturated rings. The molecule has 0 aliphatic heterocycles. The monoisotopic (exact) mass is 360 g/mol. The summed E-state index contributed by atoms with van der Waals surface area (Å²) in [5.41, 5.74) is 3.85. The molecule has 1 aliphatic carbocycles. The number of rotatable bonds is 4. The van der Waals surface area contributed by atoms with Crippen molar-refractivity contribution in [2.75, 3.05) is 35.5 Å². The van der Waals surface area contributed by atoms with E-state index in [1.807, 2.05) is 12.1 Å². The van der Waals surface area contributed by atoms with Gasteiger partial charge in [-0.15, -0.1) is 0 Å². The van der Waals surface area contributed by atoms with Gasteiger partial charge in [-0.25, -0.2) is 0 Å². The zero-order valence-corrected chi connectivity index (χ0v) is 15.7. The van der Waals surface area contributed by atoms with Gasteiger partial charge in [-0.3, -0.25) is 4.79 Å². The molecule has 0 amide bonds. The smallest absolute Gasteiger partial charge is 0.220 e. The first kappa shape index (κ1) is 19.6. The Bertz CT molecular complexity index is 845. The maximum absolute atomic E-state index is 12.2. The molecule has 6 nitrogen and oxygen atoms in total. The molecule has 1 N–H and O–H groups in total. The summed E-state index contributed by atoms with van der Waals surface area (Å²) in [5, 5.41) is 7.00. The number of aryl methyl sites for hydroxylation is 2. The van der Waals surface area contributed by atoms with Crippen molar-refractivity contribution < 1.29 is 24.1 Å². The molecule has 0 atom stereocenters. The van der Waals surface area contributed by atoms with E-state index in [9.17, 15) is 4.79 Å². The van der Waals surface area contributed by atoms with E-state index in [-0.39, 0.29) is 5.43 Å². The van der Waals surface area contributed by atoms with Gasteiger partial charge < -0.3 is 24.1 Å². The fourth-order valence-electron chi connectivity index (χ4n) is 3.24. The lowest BCUT2D eigenvalue weighted by Gasteiger charge is -2.24. The quantitative estimate of drug-likeness (QED) is 0.903. The van der Waals surface area contributed by atoms with Crippen molar-refractivity contribution in [3.8, 4) is 34.1 Å². The zero-order valence-electron chi connectivity index (χ0n) is 15.7. The standard InChI is InChI=1S/C19H20O5.CH4O/c1-21-15-8-7-13-11(9-14(15)20)5-6-12-10-16(22-2)18(23-3)19(24-4)17(12)13;1-2/h7-10H,5-6H2,1-4H3;2H,1H3. The molecule has 140 valence electrons. The van der Waals surface area contributed by atoms with Crippen LogP contribution in [-0.4, -0.2) is 40.7 Å². The first-order chi connectivity index (χ1) is 12.6. The molecule has 26 heavy (non-hydrogen) atoms. The van der Waals surface area contributed by atoms with Crippen molar-refractivity contribution in [3.63, 3.8) is 0 Å². The number of fused-ring (bicyclic) bond motifs is 3. The van der Waals surface area contributed by atoms with Crippen LogP contribution in [-0.2, 0) is 12.8 Å². The molecular formula is C20H24O6. The first-order valence-corrected chi connectivity index (χ1v) is 8.12. The molecule has 0 saturated carbocycles. The maximum Gasteiger partial charge on any atom is 0.220 e. The van der Waals surface area contributed by atoms with E-state index < -0.39 is 0 Å². The highest BCUT2D eigenvalue weighted by molar-refractivity contribution is 5.83. The van der Waals surface area contributed by atoms with Gasteiger partial charge in [-0.1, -0.05) is 6.07 Å². The number of hydrogen-bond acceptors (Lipinski definition) is 6. The highest BCUT2D eigenvalue weighted by Gasteiger charge is 2.26. The molecule has 0 aromatic heterocycles. The summed E-state index contributed by atoms with van der Waals surface area (Å²) >= 11 is 0. The average molecular weight is 360 g/mol. The molecule has 0 bridgehead atoms. The van der Waals surface area contributed by atoms with E-state index in [1.54, 1.807) is 33.5 Å². The number of methoxy groups -OCH3 is 4. The molecule has 0 saturated heterocycles. The summed E-state index contributed by atoms with van der Waals surface area (Å²) in [6.07, 6.45) is 1.57. The third-order valence-electron chi connectivity index (χ3n) is 4.36. The van der Waals surface area contributed by atoms with Crippen molar-refractivity contribution in [2.24, 2.45) is 0 Å². The molecule has 3 rings (SSSR count). The van der Waals surface area contributed by atoms with E-state index in [0.717, 1.165) is 42.2 Å². The van der Waals surface area contributed by atoms with Crippen LogP contribution in [0.5, 0.6) is 23.0 Å². The Morgan fingerprint density at radius 1 is 0.769 bits per heavy atom. The summed E-state index contributed by atoms with van der Waals surface area (Å²) < 4.78 is 21.7. The Morgan fingerprint density at radius 2 is 1.38 bits per heavy atom. The second kappa shape index (κ2) is 8.58. The molecule has 0 unspecified atom stereocenters. The van der Waals surface area contributed by atoms with Gasteiger partial charge in [0.25, 0.3) is 0 Å². The van der Waals surface area contributed by atoms with Gasteiger partial charge in [0.15, 0.2) is 17.2 Å². The van der Waals surface area contributed by atoms with Crippen LogP contribution in [0, 0.1) is 0 Å². The van der Waals surface area contributed by atoms with Crippen molar-refractivity contribution in [1.82, 2.24) is 0 Å². The molecule has 0 heterocycles. The summed E-state index contributed by atoms with van der Waals surface area (Å²) in [7, 11) is 7.29. The SMILES string of the molecule is CO.COc1cc2c(c(OC)c1OC)-c1ccc(OC)c(=O)cc1CC2. The predicted molar refractivity (Wildman–Crippen MR) is 99.9 cm³/mol. The van der Waals surface area contributed by atoms with Crippen molar-refractivity contribution in [2.45, 2.75) is 12.8 Å². The van der Waals surface area contributed by atoms with Crippen LogP contribution in [0.1, 0.15) is 11.1 Å². The number of aliphatic hydroxyl groups is 1. The Kier molecular flexibility index (Phi) is 6.46. The summed E-state index contributed by atoms with van der Waals surface area (Å²) in [6.45, 7) is 0. The first-order valence-electron chi connectivity index (χ1n) is 8.12. The fourth-order valence-corrected chi connectivity index (χ4v) is 3.24. The summed E-state index contributed by atoms with van der Waals surface area (Å²) in [5.74, 6) is 2.13. The highest BCUT2D eigenvalue weighted by atomic mass is 16.5. The lowest BCUT2D eigenvalue weighted by Crippen LogP contribution is -2.08. The van der Waals surface area contributed by atoms with E-state index in [2.05, 4.69) is 0 Å². The maximum atomic E-state index is 12.2. The summed E-state index contributed by atoms with van der Waals surface area (Å²) in [4.78, 5) is 12.2. The minimum atomic E-state index is -0.123. The molecule has 2 aromatic carbocycles. The van der Waals surface area contributed by atoms with Crippen LogP contribution in [0.25, 0.3) is 11.1 Å². The van der Waals surface area contributed by atoms with Gasteiger partial charge in [0.1, 0.15) is 0 Å². The molecule has 0 spiro atoms. The predicted octanol–water partition coefficient (Wildman–Crippen LogP) is 2.46. The Balaban J connectivity index is 0.00000117. The van der Waals surface area contributed by atoms with E-state index in [0.29, 0.717) is 23.0 Å². The average Bonchev–Trinajstić information content (AvgIpc) is 2.85. The van der Waals surface area contributed by atoms with Gasteiger partial charge in [0, 0.05) is 12.7 Å². The minimum absolute atomic E-state index is 0.123. The minimum Gasteiger partial charge on any atom is -0.493 e. The Hall–Kier alpha value is -2.73. The lowest BCUT2D eigenvalue weighted by molar-refractivity contribution is 0.324. The Labute approximate surface area is 152 Å². The number of benzene rings is 1. The van der Waals surface area contributed by atoms with Gasteiger partial charge >= 0.3 is 0 Å². The second-order valence-corrected chi connectivity index (χ2v) is 5.53. The van der Waals surface area contributed by atoms with Crippen molar-refractivity contribution in [1.29, 1.82) is 0 Å². The molecule has 1 aliphatic rings. The van der Waals surface area contributed by atoms with Crippen molar-refractivity contribution in [3.05, 3.63) is 45.6 Å². The molecule has 2 aromatic rings. The van der Waals surface area contributed by atoms with E-state index in [4.69, 9.17) is 24.1 Å². The fraction of sp³-hybridized carbons (Fsp3) is 0.350. The van der Waals surface area contributed by atoms with Crippen LogP contribution in [0.15, 0.2) is 29.1 Å². The van der Waals surface area contributed by atoms with Crippen LogP contribution in [0.3, 0.4) is 0 Å². The van der Waals surface area contributed by atoms with Crippen molar-refractivity contribution >= 4 is 0 Å². The molecular weight excluding hydrogens is 336 g/mol. The topological polar surface area (TPSA) is 74.2 Å². The summed E-state index contributed by atoms with van der Waals surface area (Å²) in [6, 6.07) is 7.23. The highest BCUT2D eigenvalue weighted by Crippen LogP contribution is 2.49. The van der Waals surface area contributed by atoms with Crippen LogP contribution in [0.4, 0.5) is 0 Å². The van der Waals surface area contributed by atoms with E-state index in [1.165, 1.54) is 7.11 Å². The van der Waals surface area contributed by atoms with Crippen LogP contribution >= 0.6 is 0 Å². The number of hydrogen-bond donors (Lipinski definition) is 1. The van der Waals surface area contributed by atoms with E-state index >= 15 is 0 Å². The Morgan fingerprint density at radius 3 is 1.96 bits per heavy atom. The zero-order chi connectivity index (χ0) is 19.3. The molecule has 0 radical (unpaired) electrons. The van der Waals surface area contributed by atoms with Gasteiger partial charge in [0.2, 0.25) is 11.2 Å². The third kappa shape index (κ3) is 3.32. The molecule has 6 heteroatoms. The van der Waals surface area contributed by atoms with Gasteiger partial charge in [-0.05, 0) is 47.7 Å². The van der Waals surface area contributed by atoms with Crippen LogP contribution < -0.4 is 24.4 Å². The second-order valence-electron chi connectivity index (χ2n) is 5.53.